The molecular weight excluding hydrogens is 266 g/mol. The maximum Gasteiger partial charge on any atom is 0.224 e. The number of hydrogen-bond donors (Lipinski definition) is 2. The fourth-order valence-corrected chi connectivity index (χ4v) is 2.08. The first-order valence-corrected chi connectivity index (χ1v) is 6.39. The molecular formula is C14H15N7. The van der Waals surface area contributed by atoms with E-state index < -0.39 is 0 Å². The molecule has 0 unspecified atom stereocenters. The average Bonchev–Trinajstić information content (AvgIpc) is 2.46. The van der Waals surface area contributed by atoms with E-state index in [1.54, 1.807) is 0 Å². The summed E-state index contributed by atoms with van der Waals surface area (Å²) in [6.07, 6.45) is 0. The first-order chi connectivity index (χ1) is 10.1. The van der Waals surface area contributed by atoms with Crippen LogP contribution in [-0.2, 0) is 0 Å². The molecule has 0 amide bonds. The number of aromatic nitrogens is 4. The monoisotopic (exact) mass is 281 g/mol. The van der Waals surface area contributed by atoms with Crippen LogP contribution in [0, 0.1) is 0 Å². The molecule has 106 valence electrons. The second-order valence-corrected chi connectivity index (χ2v) is 4.80. The average molecular weight is 281 g/mol. The lowest BCUT2D eigenvalue weighted by Gasteiger charge is -2.16. The molecule has 0 saturated carbocycles. The number of nitrogens with two attached hydrogens (primary N) is 2. The van der Waals surface area contributed by atoms with Crippen LogP contribution in [0.4, 0.5) is 17.6 Å². The van der Waals surface area contributed by atoms with Crippen LogP contribution in [0.1, 0.15) is 0 Å². The summed E-state index contributed by atoms with van der Waals surface area (Å²) in [4.78, 5) is 19.0. The summed E-state index contributed by atoms with van der Waals surface area (Å²) in [5.74, 6) is 1.02. The predicted octanol–water partition coefficient (Wildman–Crippen LogP) is 1.32. The molecule has 21 heavy (non-hydrogen) atoms. The van der Waals surface area contributed by atoms with Crippen molar-refractivity contribution in [3.63, 3.8) is 0 Å². The number of hydrogen-bond acceptors (Lipinski definition) is 7. The maximum absolute atomic E-state index is 5.88. The molecule has 4 N–H and O–H groups in total. The lowest BCUT2D eigenvalue weighted by molar-refractivity contribution is 1.05. The van der Waals surface area contributed by atoms with Gasteiger partial charge in [0.05, 0.1) is 0 Å². The number of nitrogen functional groups attached to an aromatic ring is 2. The molecule has 0 aliphatic rings. The highest BCUT2D eigenvalue weighted by Crippen LogP contribution is 2.29. The highest BCUT2D eigenvalue weighted by Gasteiger charge is 2.15. The maximum atomic E-state index is 5.88. The summed E-state index contributed by atoms with van der Waals surface area (Å²) in [5.41, 5.74) is 14.0. The third kappa shape index (κ3) is 2.29. The molecule has 0 bridgehead atoms. The molecule has 3 aromatic rings. The molecule has 0 aliphatic heterocycles. The lowest BCUT2D eigenvalue weighted by atomic mass is 10.1. The molecule has 1 aromatic carbocycles. The Kier molecular flexibility index (Phi) is 3.02. The largest absolute Gasteiger partial charge is 0.382 e. The Hall–Kier alpha value is -2.96. The minimum absolute atomic E-state index is 0.0893. The van der Waals surface area contributed by atoms with Crippen LogP contribution in [0.3, 0.4) is 0 Å². The van der Waals surface area contributed by atoms with Gasteiger partial charge in [0, 0.05) is 19.7 Å². The number of fused-ring (bicyclic) bond motifs is 1. The smallest absolute Gasteiger partial charge is 0.224 e. The molecule has 0 spiro atoms. The van der Waals surface area contributed by atoms with Gasteiger partial charge in [0.2, 0.25) is 5.95 Å². The van der Waals surface area contributed by atoms with Gasteiger partial charge in [0.25, 0.3) is 0 Å². The zero-order chi connectivity index (χ0) is 15.0. The summed E-state index contributed by atoms with van der Waals surface area (Å²) in [7, 11) is 3.80. The summed E-state index contributed by atoms with van der Waals surface area (Å²) in [5, 5.41) is 0. The van der Waals surface area contributed by atoms with Gasteiger partial charge in [-0.3, -0.25) is 0 Å². The van der Waals surface area contributed by atoms with E-state index in [2.05, 4.69) is 19.9 Å². The van der Waals surface area contributed by atoms with Crippen molar-refractivity contribution in [2.75, 3.05) is 30.5 Å². The van der Waals surface area contributed by atoms with E-state index in [9.17, 15) is 0 Å². The molecule has 0 radical (unpaired) electrons. The second-order valence-electron chi connectivity index (χ2n) is 4.80. The Morgan fingerprint density at radius 2 is 1.62 bits per heavy atom. The fraction of sp³-hybridized carbons (Fsp3) is 0.143. The molecule has 2 heterocycles. The van der Waals surface area contributed by atoms with Crippen LogP contribution in [0.25, 0.3) is 22.4 Å². The van der Waals surface area contributed by atoms with Crippen molar-refractivity contribution in [1.29, 1.82) is 0 Å². The van der Waals surface area contributed by atoms with Gasteiger partial charge in [-0.15, -0.1) is 0 Å². The van der Waals surface area contributed by atoms with Crippen LogP contribution in [0.5, 0.6) is 0 Å². The minimum atomic E-state index is 0.0893. The number of rotatable bonds is 2. The number of benzene rings is 1. The van der Waals surface area contributed by atoms with Crippen LogP contribution < -0.4 is 16.4 Å². The van der Waals surface area contributed by atoms with Gasteiger partial charge in [0.1, 0.15) is 5.69 Å². The topological polar surface area (TPSA) is 107 Å². The van der Waals surface area contributed by atoms with E-state index >= 15 is 0 Å². The molecule has 7 nitrogen and oxygen atoms in total. The van der Waals surface area contributed by atoms with Gasteiger partial charge < -0.3 is 16.4 Å². The van der Waals surface area contributed by atoms with Crippen molar-refractivity contribution < 1.29 is 0 Å². The first-order valence-electron chi connectivity index (χ1n) is 6.39. The Morgan fingerprint density at radius 3 is 2.29 bits per heavy atom. The Balaban J connectivity index is 2.35. The van der Waals surface area contributed by atoms with Crippen molar-refractivity contribution in [3.8, 4) is 11.3 Å². The molecule has 3 rings (SSSR count). The van der Waals surface area contributed by atoms with E-state index in [1.807, 2.05) is 49.3 Å². The number of anilines is 3. The van der Waals surface area contributed by atoms with Gasteiger partial charge >= 0.3 is 0 Å². The van der Waals surface area contributed by atoms with Crippen LogP contribution in [-0.4, -0.2) is 34.0 Å². The Labute approximate surface area is 121 Å². The molecule has 0 aliphatic carbocycles. The normalized spacial score (nSPS) is 10.8. The van der Waals surface area contributed by atoms with E-state index in [0.717, 1.165) is 11.3 Å². The van der Waals surface area contributed by atoms with Crippen molar-refractivity contribution in [3.05, 3.63) is 30.3 Å². The van der Waals surface area contributed by atoms with Gasteiger partial charge in [-0.25, -0.2) is 9.97 Å². The summed E-state index contributed by atoms with van der Waals surface area (Å²) in [6, 6.07) is 9.78. The highest BCUT2D eigenvalue weighted by molar-refractivity contribution is 5.87. The van der Waals surface area contributed by atoms with Crippen molar-refractivity contribution in [1.82, 2.24) is 19.9 Å². The standard InChI is InChI=1S/C14H15N7/c1-21(2)13-9(8-6-4-3-5-7-8)17-10-11(15)18-14(16)20-12(10)19-13/h3-7H,1-2H3,(H4,15,16,18,19,20). The highest BCUT2D eigenvalue weighted by atomic mass is 15.2. The molecule has 0 atom stereocenters. The van der Waals surface area contributed by atoms with E-state index in [-0.39, 0.29) is 11.8 Å². The molecule has 0 fully saturated rings. The predicted molar refractivity (Wildman–Crippen MR) is 83.7 cm³/mol. The number of nitrogens with zero attached hydrogens (tertiary/aromatic N) is 5. The van der Waals surface area contributed by atoms with Crippen LogP contribution in [0.2, 0.25) is 0 Å². The third-order valence-electron chi connectivity index (χ3n) is 3.03. The van der Waals surface area contributed by atoms with Crippen LogP contribution in [0.15, 0.2) is 30.3 Å². The zero-order valence-corrected chi connectivity index (χ0v) is 11.8. The van der Waals surface area contributed by atoms with Crippen LogP contribution >= 0.6 is 0 Å². The summed E-state index contributed by atoms with van der Waals surface area (Å²) >= 11 is 0. The van der Waals surface area contributed by atoms with Gasteiger partial charge in [-0.1, -0.05) is 30.3 Å². The molecule has 2 aromatic heterocycles. The van der Waals surface area contributed by atoms with Gasteiger partial charge in [-0.05, 0) is 0 Å². The Bertz CT molecular complexity index is 799. The van der Waals surface area contributed by atoms with Crippen molar-refractivity contribution in [2.24, 2.45) is 0 Å². The van der Waals surface area contributed by atoms with E-state index in [0.29, 0.717) is 17.0 Å². The molecule has 0 saturated heterocycles. The zero-order valence-electron chi connectivity index (χ0n) is 11.8. The van der Waals surface area contributed by atoms with Crippen molar-refractivity contribution in [2.45, 2.75) is 0 Å². The molecule has 7 heteroatoms. The van der Waals surface area contributed by atoms with E-state index in [1.165, 1.54) is 0 Å². The summed E-state index contributed by atoms with van der Waals surface area (Å²) in [6.45, 7) is 0. The lowest BCUT2D eigenvalue weighted by Crippen LogP contribution is -2.14. The second kappa shape index (κ2) is 4.86. The SMILES string of the molecule is CN(C)c1nc2nc(N)nc(N)c2nc1-c1ccccc1. The summed E-state index contributed by atoms with van der Waals surface area (Å²) < 4.78 is 0. The van der Waals surface area contributed by atoms with E-state index in [4.69, 9.17) is 11.5 Å². The van der Waals surface area contributed by atoms with Gasteiger partial charge in [0.15, 0.2) is 22.8 Å². The Morgan fingerprint density at radius 1 is 0.905 bits per heavy atom. The fourth-order valence-electron chi connectivity index (χ4n) is 2.08. The quantitative estimate of drug-likeness (QED) is 0.729. The first kappa shape index (κ1) is 13.0. The minimum Gasteiger partial charge on any atom is -0.382 e. The third-order valence-corrected chi connectivity index (χ3v) is 3.03. The van der Waals surface area contributed by atoms with Crippen molar-refractivity contribution >= 4 is 28.7 Å². The van der Waals surface area contributed by atoms with Gasteiger partial charge in [-0.2, -0.15) is 9.97 Å².